The summed E-state index contributed by atoms with van der Waals surface area (Å²) in [5.41, 5.74) is 2.49. The van der Waals surface area contributed by atoms with E-state index in [-0.39, 0.29) is 17.8 Å². The maximum atomic E-state index is 13.0. The molecule has 0 N–H and O–H groups in total. The van der Waals surface area contributed by atoms with Crippen molar-refractivity contribution in [1.82, 2.24) is 4.90 Å². The van der Waals surface area contributed by atoms with E-state index < -0.39 is 16.1 Å². The fourth-order valence-corrected chi connectivity index (χ4v) is 4.69. The Labute approximate surface area is 167 Å². The Hall–Kier alpha value is -2.09. The molecule has 1 saturated heterocycles. The Balaban J connectivity index is 2.17. The number of rotatable bonds is 6. The number of esters is 1. The van der Waals surface area contributed by atoms with Crippen LogP contribution in [0, 0.1) is 19.8 Å². The third kappa shape index (κ3) is 5.04. The third-order valence-corrected chi connectivity index (χ3v) is 6.48. The van der Waals surface area contributed by atoms with E-state index in [1.54, 1.807) is 30.9 Å². The highest BCUT2D eigenvalue weighted by Crippen LogP contribution is 2.26. The summed E-state index contributed by atoms with van der Waals surface area (Å²) in [6, 6.07) is 4.49. The molecule has 0 spiro atoms. The monoisotopic (exact) mass is 410 g/mol. The number of aryl methyl sites for hydroxylation is 2. The molecule has 1 aliphatic heterocycles. The number of carbonyl (C=O) groups excluding carboxylic acids is 2. The van der Waals surface area contributed by atoms with Crippen molar-refractivity contribution in [3.8, 4) is 0 Å². The van der Waals surface area contributed by atoms with Gasteiger partial charge in [0.2, 0.25) is 15.9 Å². The SMILES string of the molecule is CCOC(=O)C1CCN(C(=O)[C@H](C)N(c2ccc(C)c(C)c2)S(C)(=O)=O)CC1. The van der Waals surface area contributed by atoms with Crippen molar-refractivity contribution in [2.45, 2.75) is 46.6 Å². The molecule has 0 aromatic heterocycles. The second-order valence-electron chi connectivity index (χ2n) is 7.35. The Kier molecular flexibility index (Phi) is 7.09. The first kappa shape index (κ1) is 22.2. The lowest BCUT2D eigenvalue weighted by atomic mass is 9.96. The topological polar surface area (TPSA) is 84.0 Å². The molecular formula is C20H30N2O5S. The zero-order chi connectivity index (χ0) is 21.1. The van der Waals surface area contributed by atoms with Crippen molar-refractivity contribution in [2.75, 3.05) is 30.3 Å². The van der Waals surface area contributed by atoms with E-state index in [4.69, 9.17) is 4.74 Å². The van der Waals surface area contributed by atoms with Gasteiger partial charge in [-0.25, -0.2) is 8.42 Å². The zero-order valence-electron chi connectivity index (χ0n) is 17.3. The van der Waals surface area contributed by atoms with Crippen LogP contribution in [0.2, 0.25) is 0 Å². The molecule has 1 amide bonds. The molecule has 1 atom stereocenters. The molecule has 1 aliphatic rings. The van der Waals surface area contributed by atoms with E-state index in [1.165, 1.54) is 4.31 Å². The molecule has 0 bridgehead atoms. The summed E-state index contributed by atoms with van der Waals surface area (Å²) in [6.45, 7) is 8.40. The Bertz CT molecular complexity index is 829. The standard InChI is InChI=1S/C20H30N2O5S/c1-6-27-20(24)17-9-11-21(12-10-17)19(23)16(4)22(28(5,25)26)18-8-7-14(2)15(3)13-18/h7-8,13,16-17H,6,9-12H2,1-5H3/t16-/m0/s1. The number of amides is 1. The van der Waals surface area contributed by atoms with Crippen LogP contribution < -0.4 is 4.31 Å². The highest BCUT2D eigenvalue weighted by atomic mass is 32.2. The Morgan fingerprint density at radius 3 is 2.32 bits per heavy atom. The van der Waals surface area contributed by atoms with Crippen molar-refractivity contribution in [3.63, 3.8) is 0 Å². The predicted molar refractivity (Wildman–Crippen MR) is 109 cm³/mol. The van der Waals surface area contributed by atoms with Gasteiger partial charge in [0, 0.05) is 13.1 Å². The number of sulfonamides is 1. The molecule has 0 aliphatic carbocycles. The predicted octanol–water partition coefficient (Wildman–Crippen LogP) is 2.26. The number of hydrogen-bond donors (Lipinski definition) is 0. The van der Waals surface area contributed by atoms with Crippen molar-refractivity contribution in [3.05, 3.63) is 29.3 Å². The second kappa shape index (κ2) is 8.94. The maximum absolute atomic E-state index is 13.0. The Morgan fingerprint density at radius 2 is 1.82 bits per heavy atom. The van der Waals surface area contributed by atoms with Gasteiger partial charge in [-0.15, -0.1) is 0 Å². The molecule has 1 heterocycles. The minimum absolute atomic E-state index is 0.204. The van der Waals surface area contributed by atoms with Gasteiger partial charge in [-0.05, 0) is 63.8 Å². The van der Waals surface area contributed by atoms with E-state index in [1.807, 2.05) is 19.9 Å². The Morgan fingerprint density at radius 1 is 1.21 bits per heavy atom. The summed E-state index contributed by atoms with van der Waals surface area (Å²) >= 11 is 0. The summed E-state index contributed by atoms with van der Waals surface area (Å²) < 4.78 is 31.2. The van der Waals surface area contributed by atoms with Crippen molar-refractivity contribution >= 4 is 27.6 Å². The average molecular weight is 411 g/mol. The van der Waals surface area contributed by atoms with Gasteiger partial charge in [0.25, 0.3) is 0 Å². The molecule has 1 fully saturated rings. The van der Waals surface area contributed by atoms with Crippen molar-refractivity contribution < 1.29 is 22.7 Å². The number of hydrogen-bond acceptors (Lipinski definition) is 5. The fourth-order valence-electron chi connectivity index (χ4n) is 3.53. The molecule has 0 radical (unpaired) electrons. The maximum Gasteiger partial charge on any atom is 0.309 e. The minimum Gasteiger partial charge on any atom is -0.466 e. The molecule has 7 nitrogen and oxygen atoms in total. The van der Waals surface area contributed by atoms with Gasteiger partial charge in [0.05, 0.1) is 24.5 Å². The molecule has 28 heavy (non-hydrogen) atoms. The number of piperidine rings is 1. The summed E-state index contributed by atoms with van der Waals surface area (Å²) in [5.74, 6) is -0.688. The summed E-state index contributed by atoms with van der Waals surface area (Å²) in [4.78, 5) is 26.5. The summed E-state index contributed by atoms with van der Waals surface area (Å²) in [5, 5.41) is 0. The average Bonchev–Trinajstić information content (AvgIpc) is 2.63. The van der Waals surface area contributed by atoms with Gasteiger partial charge in [0.15, 0.2) is 0 Å². The number of likely N-dealkylation sites (tertiary alicyclic amines) is 1. The number of carbonyl (C=O) groups is 2. The van der Waals surface area contributed by atoms with Gasteiger partial charge >= 0.3 is 5.97 Å². The number of anilines is 1. The van der Waals surface area contributed by atoms with Gasteiger partial charge in [-0.2, -0.15) is 0 Å². The highest BCUT2D eigenvalue weighted by molar-refractivity contribution is 7.92. The quantitative estimate of drug-likeness (QED) is 0.672. The first-order chi connectivity index (χ1) is 13.1. The van der Waals surface area contributed by atoms with Crippen LogP contribution in [0.3, 0.4) is 0 Å². The molecule has 2 rings (SSSR count). The molecular weight excluding hydrogens is 380 g/mol. The lowest BCUT2D eigenvalue weighted by Gasteiger charge is -2.36. The summed E-state index contributed by atoms with van der Waals surface area (Å²) in [7, 11) is -3.65. The van der Waals surface area contributed by atoms with Crippen LogP contribution in [0.5, 0.6) is 0 Å². The fraction of sp³-hybridized carbons (Fsp3) is 0.600. The largest absolute Gasteiger partial charge is 0.466 e. The van der Waals surface area contributed by atoms with Crippen LogP contribution >= 0.6 is 0 Å². The zero-order valence-corrected chi connectivity index (χ0v) is 18.1. The highest BCUT2D eigenvalue weighted by Gasteiger charge is 2.35. The molecule has 1 aromatic carbocycles. The number of benzene rings is 1. The number of ether oxygens (including phenoxy) is 1. The number of nitrogens with zero attached hydrogens (tertiary/aromatic N) is 2. The van der Waals surface area contributed by atoms with Gasteiger partial charge in [-0.1, -0.05) is 6.07 Å². The minimum atomic E-state index is -3.65. The van der Waals surface area contributed by atoms with Crippen LogP contribution in [0.25, 0.3) is 0 Å². The van der Waals surface area contributed by atoms with E-state index in [0.717, 1.165) is 17.4 Å². The molecule has 0 unspecified atom stereocenters. The van der Waals surface area contributed by atoms with Crippen LogP contribution in [0.4, 0.5) is 5.69 Å². The lowest BCUT2D eigenvalue weighted by molar-refractivity contribution is -0.151. The molecule has 1 aromatic rings. The van der Waals surface area contributed by atoms with E-state index in [0.29, 0.717) is 38.2 Å². The van der Waals surface area contributed by atoms with E-state index in [9.17, 15) is 18.0 Å². The van der Waals surface area contributed by atoms with Crippen molar-refractivity contribution in [2.24, 2.45) is 5.92 Å². The summed E-state index contributed by atoms with van der Waals surface area (Å²) in [6.07, 6.45) is 2.17. The van der Waals surface area contributed by atoms with Gasteiger partial charge < -0.3 is 9.64 Å². The van der Waals surface area contributed by atoms with Crippen molar-refractivity contribution in [1.29, 1.82) is 0 Å². The molecule has 0 saturated carbocycles. The molecule has 8 heteroatoms. The third-order valence-electron chi connectivity index (χ3n) is 5.24. The first-order valence-corrected chi connectivity index (χ1v) is 11.4. The first-order valence-electron chi connectivity index (χ1n) is 9.58. The second-order valence-corrected chi connectivity index (χ2v) is 9.21. The smallest absolute Gasteiger partial charge is 0.309 e. The molecule has 156 valence electrons. The van der Waals surface area contributed by atoms with E-state index in [2.05, 4.69) is 0 Å². The van der Waals surface area contributed by atoms with Crippen LogP contribution in [0.15, 0.2) is 18.2 Å². The van der Waals surface area contributed by atoms with E-state index >= 15 is 0 Å². The normalized spacial score (nSPS) is 16.5. The van der Waals surface area contributed by atoms with Crippen LogP contribution in [0.1, 0.15) is 37.8 Å². The van der Waals surface area contributed by atoms with Gasteiger partial charge in [0.1, 0.15) is 6.04 Å². The van der Waals surface area contributed by atoms with Gasteiger partial charge in [-0.3, -0.25) is 13.9 Å². The van der Waals surface area contributed by atoms with Crippen LogP contribution in [-0.2, 0) is 24.3 Å². The lowest BCUT2D eigenvalue weighted by Crippen LogP contribution is -2.51. The van der Waals surface area contributed by atoms with Crippen LogP contribution in [-0.4, -0.2) is 57.2 Å².